The van der Waals surface area contributed by atoms with Gasteiger partial charge in [0.2, 0.25) is 0 Å². The Labute approximate surface area is 117 Å². The molecule has 0 saturated heterocycles. The predicted octanol–water partition coefficient (Wildman–Crippen LogP) is 4.60. The van der Waals surface area contributed by atoms with E-state index in [2.05, 4.69) is 15.9 Å². The highest BCUT2D eigenvalue weighted by Crippen LogP contribution is 2.37. The van der Waals surface area contributed by atoms with Crippen LogP contribution in [-0.4, -0.2) is 7.11 Å². The number of halogens is 4. The molecule has 0 aliphatic heterocycles. The van der Waals surface area contributed by atoms with Gasteiger partial charge in [-0.3, -0.25) is 0 Å². The number of ether oxygens (including phenoxy) is 1. The molecule has 0 aromatic heterocycles. The van der Waals surface area contributed by atoms with Crippen LogP contribution in [0.25, 0.3) is 0 Å². The van der Waals surface area contributed by atoms with Crippen LogP contribution in [0.3, 0.4) is 0 Å². The minimum atomic E-state index is -0.947. The molecule has 0 N–H and O–H groups in total. The Morgan fingerprint density at radius 1 is 1.00 bits per heavy atom. The first-order valence-corrected chi connectivity index (χ1v) is 6.37. The number of alkyl halides is 1. The minimum Gasteiger partial charge on any atom is -0.496 e. The van der Waals surface area contributed by atoms with Crippen molar-refractivity contribution in [1.29, 1.82) is 0 Å². The van der Waals surface area contributed by atoms with Gasteiger partial charge in [0, 0.05) is 5.56 Å². The van der Waals surface area contributed by atoms with E-state index in [4.69, 9.17) is 4.74 Å². The summed E-state index contributed by atoms with van der Waals surface area (Å²) in [6.07, 6.45) is 0. The topological polar surface area (TPSA) is 9.23 Å². The van der Waals surface area contributed by atoms with Gasteiger partial charge >= 0.3 is 0 Å². The lowest BCUT2D eigenvalue weighted by molar-refractivity contribution is 0.409. The van der Waals surface area contributed by atoms with Crippen LogP contribution in [0.2, 0.25) is 0 Å². The van der Waals surface area contributed by atoms with Crippen LogP contribution in [-0.2, 0) is 0 Å². The zero-order valence-electron chi connectivity index (χ0n) is 9.96. The molecule has 0 aliphatic rings. The van der Waals surface area contributed by atoms with Crippen LogP contribution < -0.4 is 4.74 Å². The average Bonchev–Trinajstić information content (AvgIpc) is 2.41. The number of hydrogen-bond acceptors (Lipinski definition) is 1. The Morgan fingerprint density at radius 2 is 1.74 bits per heavy atom. The predicted molar refractivity (Wildman–Crippen MR) is 70.1 cm³/mol. The Balaban J connectivity index is 2.45. The highest BCUT2D eigenvalue weighted by atomic mass is 79.9. The summed E-state index contributed by atoms with van der Waals surface area (Å²) in [6.45, 7) is 0. The van der Waals surface area contributed by atoms with Crippen molar-refractivity contribution in [2.45, 2.75) is 4.83 Å². The minimum absolute atomic E-state index is 0.428. The lowest BCUT2D eigenvalue weighted by atomic mass is 10.0. The fourth-order valence-corrected chi connectivity index (χ4v) is 2.40. The number of methoxy groups -OCH3 is 1. The smallest absolute Gasteiger partial charge is 0.159 e. The van der Waals surface area contributed by atoms with Gasteiger partial charge in [0.1, 0.15) is 11.6 Å². The van der Waals surface area contributed by atoms with Crippen molar-refractivity contribution in [3.05, 3.63) is 65.0 Å². The van der Waals surface area contributed by atoms with Crippen molar-refractivity contribution in [3.63, 3.8) is 0 Å². The molecule has 0 aliphatic carbocycles. The molecule has 0 fully saturated rings. The maximum atomic E-state index is 13.3. The Morgan fingerprint density at radius 3 is 2.37 bits per heavy atom. The van der Waals surface area contributed by atoms with Crippen LogP contribution in [0.1, 0.15) is 16.0 Å². The molecule has 1 nitrogen and oxygen atoms in total. The second-order valence-corrected chi connectivity index (χ2v) is 4.84. The van der Waals surface area contributed by atoms with E-state index < -0.39 is 22.3 Å². The highest BCUT2D eigenvalue weighted by Gasteiger charge is 2.17. The molecular formula is C14H10BrF3O. The van der Waals surface area contributed by atoms with Crippen LogP contribution in [0.15, 0.2) is 36.4 Å². The maximum Gasteiger partial charge on any atom is 0.159 e. The van der Waals surface area contributed by atoms with Gasteiger partial charge in [-0.1, -0.05) is 22.0 Å². The third-order valence-electron chi connectivity index (χ3n) is 2.70. The Bertz CT molecular complexity index is 601. The zero-order valence-corrected chi connectivity index (χ0v) is 11.5. The molecule has 2 aromatic rings. The molecule has 19 heavy (non-hydrogen) atoms. The van der Waals surface area contributed by atoms with Gasteiger partial charge in [-0.05, 0) is 35.9 Å². The van der Waals surface area contributed by atoms with Crippen molar-refractivity contribution in [3.8, 4) is 5.75 Å². The lowest BCUT2D eigenvalue weighted by Crippen LogP contribution is -1.99. The van der Waals surface area contributed by atoms with Gasteiger partial charge in [0.25, 0.3) is 0 Å². The fraction of sp³-hybridized carbons (Fsp3) is 0.143. The molecular weight excluding hydrogens is 321 g/mol. The monoisotopic (exact) mass is 330 g/mol. The van der Waals surface area contributed by atoms with Crippen molar-refractivity contribution in [1.82, 2.24) is 0 Å². The van der Waals surface area contributed by atoms with Gasteiger partial charge in [0.05, 0.1) is 11.9 Å². The fourth-order valence-electron chi connectivity index (χ4n) is 1.75. The molecule has 1 atom stereocenters. The summed E-state index contributed by atoms with van der Waals surface area (Å²) in [7, 11) is 1.46. The quantitative estimate of drug-likeness (QED) is 0.747. The molecule has 2 aromatic carbocycles. The van der Waals surface area contributed by atoms with Crippen LogP contribution in [0.4, 0.5) is 13.2 Å². The molecule has 0 spiro atoms. The van der Waals surface area contributed by atoms with Gasteiger partial charge in [0.15, 0.2) is 11.6 Å². The highest BCUT2D eigenvalue weighted by molar-refractivity contribution is 9.09. The van der Waals surface area contributed by atoms with E-state index in [0.29, 0.717) is 16.9 Å². The molecule has 5 heteroatoms. The molecule has 0 radical (unpaired) electrons. The third kappa shape index (κ3) is 2.92. The van der Waals surface area contributed by atoms with Gasteiger partial charge in [-0.25, -0.2) is 13.2 Å². The second kappa shape index (κ2) is 5.65. The van der Waals surface area contributed by atoms with Gasteiger partial charge in [-0.2, -0.15) is 0 Å². The number of rotatable bonds is 3. The summed E-state index contributed by atoms with van der Waals surface area (Å²) in [4.78, 5) is -0.492. The van der Waals surface area contributed by atoms with E-state index in [1.54, 1.807) is 0 Å². The third-order valence-corrected chi connectivity index (χ3v) is 3.72. The summed E-state index contributed by atoms with van der Waals surface area (Å²) in [5, 5.41) is 0. The largest absolute Gasteiger partial charge is 0.496 e. The summed E-state index contributed by atoms with van der Waals surface area (Å²) >= 11 is 3.34. The molecule has 2 rings (SSSR count). The summed E-state index contributed by atoms with van der Waals surface area (Å²) in [5.74, 6) is -1.83. The number of hydrogen-bond donors (Lipinski definition) is 0. The SMILES string of the molecule is COc1ccc(F)cc1C(Br)c1ccc(F)c(F)c1. The average molecular weight is 331 g/mol. The molecule has 0 saturated carbocycles. The zero-order chi connectivity index (χ0) is 14.0. The Kier molecular flexibility index (Phi) is 4.14. The molecule has 100 valence electrons. The second-order valence-electron chi connectivity index (χ2n) is 3.92. The summed E-state index contributed by atoms with van der Waals surface area (Å²) in [6, 6.07) is 7.58. The molecule has 0 amide bonds. The van der Waals surface area contributed by atoms with Crippen molar-refractivity contribution >= 4 is 15.9 Å². The van der Waals surface area contributed by atoms with Crippen LogP contribution in [0.5, 0.6) is 5.75 Å². The normalized spacial score (nSPS) is 12.3. The molecule has 1 unspecified atom stereocenters. The van der Waals surface area contributed by atoms with Crippen molar-refractivity contribution < 1.29 is 17.9 Å². The van der Waals surface area contributed by atoms with Gasteiger partial charge < -0.3 is 4.74 Å². The van der Waals surface area contributed by atoms with E-state index >= 15 is 0 Å². The van der Waals surface area contributed by atoms with E-state index in [1.165, 1.54) is 31.4 Å². The summed E-state index contributed by atoms with van der Waals surface area (Å²) < 4.78 is 44.5. The number of benzene rings is 2. The first-order valence-electron chi connectivity index (χ1n) is 5.45. The first kappa shape index (κ1) is 13.9. The Hall–Kier alpha value is -1.49. The summed E-state index contributed by atoms with van der Waals surface area (Å²) in [5.41, 5.74) is 0.983. The molecule has 0 heterocycles. The van der Waals surface area contributed by atoms with Crippen molar-refractivity contribution in [2.24, 2.45) is 0 Å². The van der Waals surface area contributed by atoms with E-state index in [1.807, 2.05) is 0 Å². The lowest BCUT2D eigenvalue weighted by Gasteiger charge is -2.15. The first-order chi connectivity index (χ1) is 9.02. The van der Waals surface area contributed by atoms with Crippen LogP contribution in [0, 0.1) is 17.5 Å². The van der Waals surface area contributed by atoms with E-state index in [0.717, 1.165) is 12.1 Å². The van der Waals surface area contributed by atoms with E-state index in [9.17, 15) is 13.2 Å². The van der Waals surface area contributed by atoms with Crippen molar-refractivity contribution in [2.75, 3.05) is 7.11 Å². The van der Waals surface area contributed by atoms with Gasteiger partial charge in [-0.15, -0.1) is 0 Å². The molecule has 0 bridgehead atoms. The maximum absolute atomic E-state index is 13.3. The van der Waals surface area contributed by atoms with Crippen LogP contribution >= 0.6 is 15.9 Å². The van der Waals surface area contributed by atoms with E-state index in [-0.39, 0.29) is 0 Å². The standard InChI is InChI=1S/C14H10BrF3O/c1-19-13-5-3-9(16)7-10(13)14(15)8-2-4-11(17)12(18)6-8/h2-7,14H,1H3.